The summed E-state index contributed by atoms with van der Waals surface area (Å²) in [5.41, 5.74) is 1.36. The molecule has 2 amide bonds. The molecule has 0 aliphatic carbocycles. The normalized spacial score (nSPS) is 14.8. The zero-order chi connectivity index (χ0) is 25.3. The number of nitrogens with zero attached hydrogens (tertiary/aromatic N) is 1. The minimum atomic E-state index is -4.13. The van der Waals surface area contributed by atoms with Crippen LogP contribution in [0.2, 0.25) is 0 Å². The molecule has 35 heavy (non-hydrogen) atoms. The van der Waals surface area contributed by atoms with E-state index in [1.54, 1.807) is 25.1 Å². The summed E-state index contributed by atoms with van der Waals surface area (Å²) < 4.78 is 31.9. The number of hydrogen-bond acceptors (Lipinski definition) is 6. The smallest absolute Gasteiger partial charge is 0.337 e. The van der Waals surface area contributed by atoms with Crippen LogP contribution in [-0.2, 0) is 19.4 Å². The van der Waals surface area contributed by atoms with Gasteiger partial charge in [0, 0.05) is 5.69 Å². The van der Waals surface area contributed by atoms with Crippen molar-refractivity contribution in [3.05, 3.63) is 83.4 Å². The fourth-order valence-corrected chi connectivity index (χ4v) is 5.76. The van der Waals surface area contributed by atoms with E-state index >= 15 is 0 Å². The van der Waals surface area contributed by atoms with Crippen LogP contribution in [0.1, 0.15) is 39.6 Å². The zero-order valence-electron chi connectivity index (χ0n) is 19.4. The third kappa shape index (κ3) is 4.19. The molecule has 0 fully saturated rings. The van der Waals surface area contributed by atoms with Gasteiger partial charge in [-0.15, -0.1) is 0 Å². The second-order valence-corrected chi connectivity index (χ2v) is 9.96. The monoisotopic (exact) mass is 492 g/mol. The first-order valence-electron chi connectivity index (χ1n) is 11.0. The molecule has 0 unspecified atom stereocenters. The van der Waals surface area contributed by atoms with Crippen molar-refractivity contribution in [1.29, 1.82) is 0 Å². The third-order valence-electron chi connectivity index (χ3n) is 5.96. The highest BCUT2D eigenvalue weighted by molar-refractivity contribution is 7.91. The lowest BCUT2D eigenvalue weighted by atomic mass is 10.1. The maximum Gasteiger partial charge on any atom is 0.337 e. The van der Waals surface area contributed by atoms with Crippen LogP contribution in [0.15, 0.2) is 76.5 Å². The molecule has 1 heterocycles. The second kappa shape index (κ2) is 9.34. The maximum atomic E-state index is 13.8. The molecule has 0 aromatic heterocycles. The van der Waals surface area contributed by atoms with Crippen molar-refractivity contribution >= 4 is 39.0 Å². The summed E-state index contributed by atoms with van der Waals surface area (Å²) in [5, 5.41) is 2.85. The number of hydrogen-bond donors (Lipinski definition) is 1. The molecular weight excluding hydrogens is 468 g/mol. The quantitative estimate of drug-likeness (QED) is 0.540. The number of fused-ring (bicyclic) bond motifs is 2. The minimum Gasteiger partial charge on any atom is -0.465 e. The van der Waals surface area contributed by atoms with Crippen LogP contribution in [0.4, 0.5) is 11.4 Å². The lowest BCUT2D eigenvalue weighted by Gasteiger charge is -2.30. The van der Waals surface area contributed by atoms with E-state index in [9.17, 15) is 22.8 Å². The average Bonchev–Trinajstić information content (AvgIpc) is 2.93. The number of amides is 2. The van der Waals surface area contributed by atoms with Crippen molar-refractivity contribution in [2.45, 2.75) is 36.1 Å². The molecule has 1 N–H and O–H groups in total. The Labute approximate surface area is 203 Å². The number of para-hydroxylation sites is 1. The van der Waals surface area contributed by atoms with E-state index in [2.05, 4.69) is 5.32 Å². The first-order valence-corrected chi connectivity index (χ1v) is 12.5. The zero-order valence-corrected chi connectivity index (χ0v) is 20.3. The number of sulfone groups is 1. The molecule has 0 bridgehead atoms. The summed E-state index contributed by atoms with van der Waals surface area (Å²) in [6.07, 6.45) is 0.188. The topological polar surface area (TPSA) is 110 Å². The molecule has 180 valence electrons. The highest BCUT2D eigenvalue weighted by atomic mass is 32.2. The number of rotatable bonds is 5. The van der Waals surface area contributed by atoms with E-state index in [-0.39, 0.29) is 33.0 Å². The number of benzene rings is 3. The predicted molar refractivity (Wildman–Crippen MR) is 130 cm³/mol. The summed E-state index contributed by atoms with van der Waals surface area (Å²) in [6, 6.07) is 15.9. The van der Waals surface area contributed by atoms with Crippen molar-refractivity contribution in [2.24, 2.45) is 0 Å². The predicted octanol–water partition coefficient (Wildman–Crippen LogP) is 3.99. The van der Waals surface area contributed by atoms with Crippen LogP contribution in [0.25, 0.3) is 0 Å². The molecule has 9 heteroatoms. The first-order chi connectivity index (χ1) is 16.7. The van der Waals surface area contributed by atoms with Crippen molar-refractivity contribution < 1.29 is 27.5 Å². The number of carbonyl (C=O) groups is 3. The molecule has 0 saturated carbocycles. The van der Waals surface area contributed by atoms with Gasteiger partial charge in [-0.1, -0.05) is 37.3 Å². The van der Waals surface area contributed by atoms with Gasteiger partial charge in [-0.2, -0.15) is 0 Å². The first kappa shape index (κ1) is 24.2. The molecular formula is C26H24N2O6S. The lowest BCUT2D eigenvalue weighted by Crippen LogP contribution is -2.47. The number of esters is 1. The number of methoxy groups -OCH3 is 1. The Hall–Kier alpha value is -3.98. The number of anilines is 2. The molecule has 0 spiro atoms. The largest absolute Gasteiger partial charge is 0.465 e. The molecule has 1 atom stereocenters. The number of aryl methyl sites for hydroxylation is 1. The highest BCUT2D eigenvalue weighted by Crippen LogP contribution is 2.39. The Morgan fingerprint density at radius 1 is 1.00 bits per heavy atom. The van der Waals surface area contributed by atoms with Crippen LogP contribution < -0.4 is 10.2 Å². The van der Waals surface area contributed by atoms with Crippen LogP contribution in [0.3, 0.4) is 0 Å². The number of carbonyl (C=O) groups excluding carboxylic acids is 3. The van der Waals surface area contributed by atoms with Gasteiger partial charge >= 0.3 is 5.97 Å². The van der Waals surface area contributed by atoms with Gasteiger partial charge < -0.3 is 10.1 Å². The van der Waals surface area contributed by atoms with Gasteiger partial charge in [-0.3, -0.25) is 14.5 Å². The van der Waals surface area contributed by atoms with E-state index in [1.165, 1.54) is 48.4 Å². The average molecular weight is 493 g/mol. The van der Waals surface area contributed by atoms with Gasteiger partial charge in [0.15, 0.2) is 0 Å². The summed E-state index contributed by atoms with van der Waals surface area (Å²) in [7, 11) is -2.93. The highest BCUT2D eigenvalue weighted by Gasteiger charge is 2.40. The van der Waals surface area contributed by atoms with Gasteiger partial charge in [0.05, 0.1) is 33.7 Å². The number of nitrogens with one attached hydrogen (secondary N) is 1. The Morgan fingerprint density at radius 3 is 2.37 bits per heavy atom. The van der Waals surface area contributed by atoms with Gasteiger partial charge in [0.1, 0.15) is 6.04 Å². The van der Waals surface area contributed by atoms with E-state index in [0.717, 1.165) is 5.56 Å². The van der Waals surface area contributed by atoms with E-state index in [0.29, 0.717) is 5.69 Å². The minimum absolute atomic E-state index is 0.0505. The van der Waals surface area contributed by atoms with Crippen molar-refractivity contribution in [2.75, 3.05) is 17.3 Å². The summed E-state index contributed by atoms with van der Waals surface area (Å²) in [4.78, 5) is 40.4. The molecule has 0 radical (unpaired) electrons. The summed E-state index contributed by atoms with van der Waals surface area (Å²) >= 11 is 0. The molecule has 8 nitrogen and oxygen atoms in total. The molecule has 4 rings (SSSR count). The van der Waals surface area contributed by atoms with Crippen molar-refractivity contribution in [3.8, 4) is 0 Å². The Balaban J connectivity index is 1.93. The Bertz CT molecular complexity index is 1450. The summed E-state index contributed by atoms with van der Waals surface area (Å²) in [5.74, 6) is -1.84. The molecule has 3 aromatic rings. The van der Waals surface area contributed by atoms with E-state index < -0.39 is 33.7 Å². The van der Waals surface area contributed by atoms with E-state index in [4.69, 9.17) is 4.74 Å². The standard InChI is InChI=1S/C26H24N2O6S/c1-4-20(24(29)27-19-11-7-5-9-16(19)2)28-21-15-17(26(31)34-3)13-14-23(21)35(32,33)22-12-8-6-10-18(22)25(28)30/h5-15,20H,4H2,1-3H3,(H,27,29)/t20-/m1/s1. The van der Waals surface area contributed by atoms with Gasteiger partial charge in [0.2, 0.25) is 15.7 Å². The van der Waals surface area contributed by atoms with Gasteiger partial charge in [0.25, 0.3) is 5.91 Å². The lowest BCUT2D eigenvalue weighted by molar-refractivity contribution is -0.117. The van der Waals surface area contributed by atoms with Crippen LogP contribution >= 0.6 is 0 Å². The Morgan fingerprint density at radius 2 is 1.69 bits per heavy atom. The Kier molecular flexibility index (Phi) is 6.45. The fraction of sp³-hybridized carbons (Fsp3) is 0.192. The van der Waals surface area contributed by atoms with Gasteiger partial charge in [-0.25, -0.2) is 13.2 Å². The van der Waals surface area contributed by atoms with Crippen LogP contribution in [0.5, 0.6) is 0 Å². The fourth-order valence-electron chi connectivity index (χ4n) is 4.14. The molecule has 1 aliphatic heterocycles. The summed E-state index contributed by atoms with van der Waals surface area (Å²) in [6.45, 7) is 3.57. The van der Waals surface area contributed by atoms with E-state index in [1.807, 2.05) is 19.1 Å². The van der Waals surface area contributed by atoms with Crippen molar-refractivity contribution in [1.82, 2.24) is 0 Å². The maximum absolute atomic E-state index is 13.8. The van der Waals surface area contributed by atoms with Crippen LogP contribution in [-0.4, -0.2) is 39.4 Å². The van der Waals surface area contributed by atoms with Gasteiger partial charge in [-0.05, 0) is 55.3 Å². The molecule has 3 aromatic carbocycles. The third-order valence-corrected chi connectivity index (χ3v) is 7.82. The SMILES string of the molecule is CC[C@H](C(=O)Nc1ccccc1C)N1C(=O)c2ccccc2S(=O)(=O)c2ccc(C(=O)OC)cc21. The van der Waals surface area contributed by atoms with Crippen molar-refractivity contribution in [3.63, 3.8) is 0 Å². The molecule has 1 aliphatic rings. The number of ether oxygens (including phenoxy) is 1. The molecule has 0 saturated heterocycles. The second-order valence-electron chi connectivity index (χ2n) is 8.08. The van der Waals surface area contributed by atoms with Crippen LogP contribution in [0, 0.1) is 6.92 Å².